The lowest BCUT2D eigenvalue weighted by Gasteiger charge is -2.20. The van der Waals surface area contributed by atoms with Crippen molar-refractivity contribution in [1.82, 2.24) is 5.32 Å². The normalized spacial score (nSPS) is 12.5. The molecule has 0 aromatic heterocycles. The summed E-state index contributed by atoms with van der Waals surface area (Å²) in [4.78, 5) is 0. The van der Waals surface area contributed by atoms with Crippen LogP contribution in [0.15, 0.2) is 34.8 Å². The Morgan fingerprint density at radius 1 is 1.15 bits per heavy atom. The highest BCUT2D eigenvalue weighted by Crippen LogP contribution is 2.31. The van der Waals surface area contributed by atoms with E-state index in [1.165, 1.54) is 12.1 Å². The number of aryl methyl sites for hydroxylation is 1. The van der Waals surface area contributed by atoms with Gasteiger partial charge in [-0.3, -0.25) is 0 Å². The van der Waals surface area contributed by atoms with E-state index in [0.717, 1.165) is 11.1 Å². The fourth-order valence-electron chi connectivity index (χ4n) is 2.09. The van der Waals surface area contributed by atoms with E-state index in [1.807, 2.05) is 0 Å². The number of rotatable bonds is 3. The van der Waals surface area contributed by atoms with Crippen LogP contribution >= 0.6 is 27.5 Å². The van der Waals surface area contributed by atoms with Crippen molar-refractivity contribution >= 4 is 27.5 Å². The Hall–Kier alpha value is -0.970. The molecule has 0 saturated heterocycles. The second kappa shape index (κ2) is 6.20. The summed E-state index contributed by atoms with van der Waals surface area (Å²) in [7, 11) is 1.77. The molecule has 0 saturated carbocycles. The van der Waals surface area contributed by atoms with Gasteiger partial charge in [-0.1, -0.05) is 17.7 Å². The van der Waals surface area contributed by atoms with Crippen molar-refractivity contribution in [3.05, 3.63) is 68.2 Å². The first kappa shape index (κ1) is 15.4. The predicted molar refractivity (Wildman–Crippen MR) is 81.1 cm³/mol. The first-order valence-corrected chi connectivity index (χ1v) is 7.19. The van der Waals surface area contributed by atoms with E-state index in [2.05, 4.69) is 21.2 Å². The van der Waals surface area contributed by atoms with Crippen molar-refractivity contribution < 1.29 is 8.78 Å². The van der Waals surface area contributed by atoms with Crippen LogP contribution in [-0.4, -0.2) is 7.05 Å². The summed E-state index contributed by atoms with van der Waals surface area (Å²) in [5, 5.41) is 3.46. The van der Waals surface area contributed by atoms with Gasteiger partial charge in [0.25, 0.3) is 0 Å². The molecule has 0 aliphatic rings. The molecule has 1 nitrogen and oxygen atoms in total. The molecule has 0 aliphatic carbocycles. The molecule has 5 heteroatoms. The minimum atomic E-state index is -0.339. The van der Waals surface area contributed by atoms with E-state index >= 15 is 0 Å². The topological polar surface area (TPSA) is 12.0 Å². The quantitative estimate of drug-likeness (QED) is 0.812. The van der Waals surface area contributed by atoms with Gasteiger partial charge in [-0.25, -0.2) is 8.78 Å². The highest BCUT2D eigenvalue weighted by Gasteiger charge is 2.18. The van der Waals surface area contributed by atoms with Crippen molar-refractivity contribution in [2.75, 3.05) is 7.05 Å². The molecule has 0 amide bonds. The third-order valence-electron chi connectivity index (χ3n) is 3.15. The van der Waals surface area contributed by atoms with Gasteiger partial charge in [-0.15, -0.1) is 0 Å². The predicted octanol–water partition coefficient (Wildman–Crippen LogP) is 5.00. The summed E-state index contributed by atoms with van der Waals surface area (Å²) in [5.74, 6) is -0.668. The van der Waals surface area contributed by atoms with Gasteiger partial charge in [-0.2, -0.15) is 0 Å². The number of halogens is 4. The van der Waals surface area contributed by atoms with Crippen LogP contribution in [0.1, 0.15) is 22.7 Å². The Balaban J connectivity index is 2.52. The first-order chi connectivity index (χ1) is 9.43. The molecule has 0 fully saturated rings. The Morgan fingerprint density at radius 3 is 2.45 bits per heavy atom. The van der Waals surface area contributed by atoms with Crippen molar-refractivity contribution in [2.45, 2.75) is 13.0 Å². The Bertz CT molecular complexity index is 646. The molecular weight excluding hydrogens is 348 g/mol. The van der Waals surface area contributed by atoms with Crippen LogP contribution in [0.5, 0.6) is 0 Å². The molecule has 20 heavy (non-hydrogen) atoms. The Kier molecular flexibility index (Phi) is 4.78. The maximum atomic E-state index is 13.5. The van der Waals surface area contributed by atoms with Crippen LogP contribution in [0, 0.1) is 18.6 Å². The van der Waals surface area contributed by atoms with Crippen LogP contribution in [-0.2, 0) is 0 Å². The SMILES string of the molecule is CNC(c1ccc(F)c(Br)c1)c1cc(C)c(F)cc1Cl. The molecule has 2 aromatic carbocycles. The third kappa shape index (κ3) is 3.03. The van der Waals surface area contributed by atoms with Crippen LogP contribution < -0.4 is 5.32 Å². The van der Waals surface area contributed by atoms with Crippen molar-refractivity contribution in [3.63, 3.8) is 0 Å². The fraction of sp³-hybridized carbons (Fsp3) is 0.200. The van der Waals surface area contributed by atoms with Gasteiger partial charge in [-0.05, 0) is 70.9 Å². The molecule has 2 rings (SSSR count). The van der Waals surface area contributed by atoms with E-state index in [9.17, 15) is 8.78 Å². The van der Waals surface area contributed by atoms with Gasteiger partial charge in [0, 0.05) is 5.02 Å². The summed E-state index contributed by atoms with van der Waals surface area (Å²) in [5.41, 5.74) is 2.12. The van der Waals surface area contributed by atoms with Gasteiger partial charge in [0.2, 0.25) is 0 Å². The number of nitrogens with one attached hydrogen (secondary N) is 1. The monoisotopic (exact) mass is 359 g/mol. The lowest BCUT2D eigenvalue weighted by molar-refractivity contribution is 0.611. The van der Waals surface area contributed by atoms with Crippen molar-refractivity contribution in [1.29, 1.82) is 0 Å². The van der Waals surface area contributed by atoms with Crippen LogP contribution in [0.25, 0.3) is 0 Å². The van der Waals surface area contributed by atoms with Gasteiger partial charge in [0.1, 0.15) is 11.6 Å². The lowest BCUT2D eigenvalue weighted by Crippen LogP contribution is -2.18. The smallest absolute Gasteiger partial charge is 0.137 e. The molecule has 1 N–H and O–H groups in total. The molecule has 1 unspecified atom stereocenters. The van der Waals surface area contributed by atoms with Crippen LogP contribution in [0.3, 0.4) is 0 Å². The van der Waals surface area contributed by atoms with Crippen LogP contribution in [0.2, 0.25) is 5.02 Å². The molecular formula is C15H13BrClF2N. The Morgan fingerprint density at radius 2 is 1.85 bits per heavy atom. The zero-order valence-corrected chi connectivity index (χ0v) is 13.3. The molecule has 1 atom stereocenters. The summed E-state index contributed by atoms with van der Waals surface area (Å²) in [6.07, 6.45) is 0. The van der Waals surface area contributed by atoms with Crippen molar-refractivity contribution in [2.24, 2.45) is 0 Å². The maximum Gasteiger partial charge on any atom is 0.137 e. The van der Waals surface area contributed by atoms with Gasteiger partial charge in [0.05, 0.1) is 10.5 Å². The van der Waals surface area contributed by atoms with E-state index in [-0.39, 0.29) is 17.7 Å². The minimum Gasteiger partial charge on any atom is -0.309 e. The zero-order valence-electron chi connectivity index (χ0n) is 11.0. The maximum absolute atomic E-state index is 13.5. The molecule has 0 heterocycles. The molecule has 2 aromatic rings. The molecule has 0 bridgehead atoms. The third-order valence-corrected chi connectivity index (χ3v) is 4.09. The highest BCUT2D eigenvalue weighted by atomic mass is 79.9. The summed E-state index contributed by atoms with van der Waals surface area (Å²) in [6.45, 7) is 1.68. The standard InChI is InChI=1S/C15H13BrClF2N/c1-8-5-10(12(17)7-14(8)19)15(20-2)9-3-4-13(18)11(16)6-9/h3-7,15,20H,1-2H3. The van der Waals surface area contributed by atoms with E-state index in [4.69, 9.17) is 11.6 Å². The van der Waals surface area contributed by atoms with Gasteiger partial charge >= 0.3 is 0 Å². The highest BCUT2D eigenvalue weighted by molar-refractivity contribution is 9.10. The summed E-state index contributed by atoms with van der Waals surface area (Å²) in [6, 6.07) is 7.51. The number of benzene rings is 2. The molecule has 0 aliphatic heterocycles. The average molecular weight is 361 g/mol. The molecule has 0 radical (unpaired) electrons. The molecule has 0 spiro atoms. The average Bonchev–Trinajstić information content (AvgIpc) is 2.40. The lowest BCUT2D eigenvalue weighted by atomic mass is 9.97. The summed E-state index contributed by atoms with van der Waals surface area (Å²) < 4.78 is 27.2. The van der Waals surface area contributed by atoms with E-state index < -0.39 is 0 Å². The zero-order chi connectivity index (χ0) is 14.9. The fourth-order valence-corrected chi connectivity index (χ4v) is 2.75. The Labute approximate surface area is 130 Å². The minimum absolute atomic E-state index is 0.237. The van der Waals surface area contributed by atoms with Gasteiger partial charge in [0.15, 0.2) is 0 Å². The van der Waals surface area contributed by atoms with E-state index in [1.54, 1.807) is 32.2 Å². The number of hydrogen-bond acceptors (Lipinski definition) is 1. The molecule has 106 valence electrons. The summed E-state index contributed by atoms with van der Waals surface area (Å²) >= 11 is 9.30. The van der Waals surface area contributed by atoms with E-state index in [0.29, 0.717) is 15.1 Å². The largest absolute Gasteiger partial charge is 0.309 e. The van der Waals surface area contributed by atoms with Gasteiger partial charge < -0.3 is 5.32 Å². The second-order valence-electron chi connectivity index (χ2n) is 4.52. The van der Waals surface area contributed by atoms with Crippen molar-refractivity contribution in [3.8, 4) is 0 Å². The van der Waals surface area contributed by atoms with Crippen LogP contribution in [0.4, 0.5) is 8.78 Å². The second-order valence-corrected chi connectivity index (χ2v) is 5.78. The number of hydrogen-bond donors (Lipinski definition) is 1. The first-order valence-electron chi connectivity index (χ1n) is 6.01.